The van der Waals surface area contributed by atoms with Crippen molar-refractivity contribution in [2.24, 2.45) is 0 Å². The second-order valence-corrected chi connectivity index (χ2v) is 8.84. The van der Waals surface area contributed by atoms with E-state index < -0.39 is 0 Å². The topological polar surface area (TPSA) is 80.9 Å². The number of hydrogen-bond donors (Lipinski definition) is 1. The molecule has 0 aliphatic carbocycles. The molecular weight excluding hydrogens is 392 g/mol. The van der Waals surface area contributed by atoms with Gasteiger partial charge in [-0.3, -0.25) is 4.79 Å². The fraction of sp³-hybridized carbons (Fsp3) is 0.400. The van der Waals surface area contributed by atoms with Gasteiger partial charge in [0.25, 0.3) is 5.91 Å². The van der Waals surface area contributed by atoms with E-state index in [1.807, 2.05) is 45.0 Å². The number of nitrogens with zero attached hydrogens (tertiary/aromatic N) is 3. The first-order chi connectivity index (χ1) is 13.5. The van der Waals surface area contributed by atoms with E-state index in [1.54, 1.807) is 23.1 Å². The number of nitrogens with one attached hydrogen (secondary N) is 1. The molecule has 0 spiro atoms. The molecule has 0 radical (unpaired) electrons. The third-order valence-corrected chi connectivity index (χ3v) is 5.89. The van der Waals surface area contributed by atoms with Crippen LogP contribution in [0.5, 0.6) is 0 Å². The van der Waals surface area contributed by atoms with E-state index in [-0.39, 0.29) is 11.8 Å². The first kappa shape index (κ1) is 20.5. The van der Waals surface area contributed by atoms with Gasteiger partial charge >= 0.3 is 0 Å². The lowest BCUT2D eigenvalue weighted by Gasteiger charge is -2.05. The van der Waals surface area contributed by atoms with Gasteiger partial charge in [0.2, 0.25) is 5.89 Å². The van der Waals surface area contributed by atoms with Crippen LogP contribution < -0.4 is 5.32 Å². The van der Waals surface area contributed by atoms with Crippen molar-refractivity contribution in [3.05, 3.63) is 57.6 Å². The lowest BCUT2D eigenvalue weighted by atomic mass is 10.2. The quantitative estimate of drug-likeness (QED) is 0.405. The van der Waals surface area contributed by atoms with E-state index in [0.717, 1.165) is 33.6 Å². The number of hydrogen-bond acceptors (Lipinski definition) is 7. The van der Waals surface area contributed by atoms with Gasteiger partial charge in [0.1, 0.15) is 0 Å². The fourth-order valence-electron chi connectivity index (χ4n) is 2.48. The Morgan fingerprint density at radius 2 is 2.04 bits per heavy atom. The molecule has 6 nitrogen and oxygen atoms in total. The standard InChI is InChI=1S/C20H24N4O2S2/c1-13(2)19-23-18(26-24-19)5-4-10-21-20(25)15-6-8-17(9-7-15)28-12-16-11-27-14(3)22-16/h6-9,11,13H,4-5,10,12H2,1-3H3,(H,21,25). The van der Waals surface area contributed by atoms with Crippen LogP contribution in [0.3, 0.4) is 0 Å². The molecule has 0 unspecified atom stereocenters. The minimum atomic E-state index is -0.0694. The van der Waals surface area contributed by atoms with Crippen LogP contribution in [0.1, 0.15) is 59.0 Å². The Kier molecular flexibility index (Phi) is 7.22. The van der Waals surface area contributed by atoms with Gasteiger partial charge in [0, 0.05) is 40.5 Å². The number of amides is 1. The summed E-state index contributed by atoms with van der Waals surface area (Å²) in [6, 6.07) is 7.67. The van der Waals surface area contributed by atoms with Crippen LogP contribution in [0.4, 0.5) is 0 Å². The monoisotopic (exact) mass is 416 g/mol. The van der Waals surface area contributed by atoms with Crippen molar-refractivity contribution in [3.63, 3.8) is 0 Å². The van der Waals surface area contributed by atoms with Crippen LogP contribution in [0, 0.1) is 6.92 Å². The molecule has 8 heteroatoms. The summed E-state index contributed by atoms with van der Waals surface area (Å²) < 4.78 is 5.21. The fourth-order valence-corrected chi connectivity index (χ4v) is 3.99. The molecule has 1 N–H and O–H groups in total. The SMILES string of the molecule is Cc1nc(CSc2ccc(C(=O)NCCCc3nc(C(C)C)no3)cc2)cs1. The second-order valence-electron chi connectivity index (χ2n) is 6.73. The van der Waals surface area contributed by atoms with Gasteiger partial charge in [-0.1, -0.05) is 19.0 Å². The highest BCUT2D eigenvalue weighted by Gasteiger charge is 2.10. The third kappa shape index (κ3) is 5.90. The molecule has 0 fully saturated rings. The maximum Gasteiger partial charge on any atom is 0.251 e. The summed E-state index contributed by atoms with van der Waals surface area (Å²) in [4.78, 5) is 22.2. The summed E-state index contributed by atoms with van der Waals surface area (Å²) in [5, 5.41) is 10.0. The normalized spacial score (nSPS) is 11.1. The van der Waals surface area contributed by atoms with Gasteiger partial charge in [-0.2, -0.15) is 4.98 Å². The van der Waals surface area contributed by atoms with Gasteiger partial charge in [0.05, 0.1) is 10.7 Å². The molecule has 1 amide bonds. The molecule has 0 bridgehead atoms. The Balaban J connectivity index is 1.40. The first-order valence-electron chi connectivity index (χ1n) is 9.26. The summed E-state index contributed by atoms with van der Waals surface area (Å²) in [5.74, 6) is 2.37. The van der Waals surface area contributed by atoms with E-state index in [4.69, 9.17) is 4.52 Å². The Morgan fingerprint density at radius 1 is 1.25 bits per heavy atom. The van der Waals surface area contributed by atoms with Gasteiger partial charge in [0.15, 0.2) is 5.82 Å². The van der Waals surface area contributed by atoms with Crippen molar-refractivity contribution >= 4 is 29.0 Å². The van der Waals surface area contributed by atoms with Crippen LogP contribution in [0.15, 0.2) is 39.1 Å². The summed E-state index contributed by atoms with van der Waals surface area (Å²) in [7, 11) is 0. The summed E-state index contributed by atoms with van der Waals surface area (Å²) >= 11 is 3.38. The molecule has 2 heterocycles. The van der Waals surface area contributed by atoms with Crippen molar-refractivity contribution in [2.45, 2.75) is 50.2 Å². The smallest absolute Gasteiger partial charge is 0.251 e. The Bertz CT molecular complexity index is 903. The Hall–Kier alpha value is -2.19. The maximum atomic E-state index is 12.3. The van der Waals surface area contributed by atoms with Crippen LogP contribution in [-0.2, 0) is 12.2 Å². The number of benzene rings is 1. The van der Waals surface area contributed by atoms with Crippen LogP contribution in [-0.4, -0.2) is 27.6 Å². The summed E-state index contributed by atoms with van der Waals surface area (Å²) in [6.45, 7) is 6.63. The number of aryl methyl sites for hydroxylation is 2. The molecular formula is C20H24N4O2S2. The lowest BCUT2D eigenvalue weighted by molar-refractivity contribution is 0.0953. The van der Waals surface area contributed by atoms with Gasteiger partial charge < -0.3 is 9.84 Å². The van der Waals surface area contributed by atoms with Crippen LogP contribution >= 0.6 is 23.1 Å². The average molecular weight is 417 g/mol. The third-order valence-electron chi connectivity index (χ3n) is 4.02. The van der Waals surface area contributed by atoms with Crippen molar-refractivity contribution in [3.8, 4) is 0 Å². The van der Waals surface area contributed by atoms with Crippen LogP contribution in [0.2, 0.25) is 0 Å². The predicted molar refractivity (Wildman–Crippen MR) is 112 cm³/mol. The number of thiazole rings is 1. The molecule has 0 atom stereocenters. The maximum absolute atomic E-state index is 12.3. The lowest BCUT2D eigenvalue weighted by Crippen LogP contribution is -2.24. The molecule has 0 saturated heterocycles. The molecule has 1 aromatic carbocycles. The summed E-state index contributed by atoms with van der Waals surface area (Å²) in [5.41, 5.74) is 1.75. The number of carbonyl (C=O) groups is 1. The zero-order valence-electron chi connectivity index (χ0n) is 16.3. The molecule has 2 aromatic heterocycles. The molecule has 3 rings (SSSR count). The van der Waals surface area contributed by atoms with E-state index in [2.05, 4.69) is 25.8 Å². The van der Waals surface area contributed by atoms with Crippen LogP contribution in [0.25, 0.3) is 0 Å². The zero-order chi connectivity index (χ0) is 19.9. The first-order valence-corrected chi connectivity index (χ1v) is 11.1. The Labute approximate surface area is 173 Å². The minimum absolute atomic E-state index is 0.0694. The summed E-state index contributed by atoms with van der Waals surface area (Å²) in [6.07, 6.45) is 1.41. The van der Waals surface area contributed by atoms with Crippen molar-refractivity contribution in [2.75, 3.05) is 6.54 Å². The average Bonchev–Trinajstić information content (AvgIpc) is 3.33. The number of aromatic nitrogens is 3. The number of carbonyl (C=O) groups excluding carboxylic acids is 1. The number of thioether (sulfide) groups is 1. The van der Waals surface area contributed by atoms with Gasteiger partial charge in [-0.05, 0) is 37.6 Å². The Morgan fingerprint density at radius 3 is 2.68 bits per heavy atom. The largest absolute Gasteiger partial charge is 0.352 e. The zero-order valence-corrected chi connectivity index (χ0v) is 17.9. The molecule has 0 aliphatic rings. The van der Waals surface area contributed by atoms with Crippen molar-refractivity contribution < 1.29 is 9.32 Å². The highest BCUT2D eigenvalue weighted by atomic mass is 32.2. The highest BCUT2D eigenvalue weighted by molar-refractivity contribution is 7.98. The molecule has 0 saturated carbocycles. The second kappa shape index (κ2) is 9.84. The molecule has 3 aromatic rings. The molecule has 0 aliphatic heterocycles. The van der Waals surface area contributed by atoms with E-state index >= 15 is 0 Å². The van der Waals surface area contributed by atoms with Crippen molar-refractivity contribution in [1.29, 1.82) is 0 Å². The van der Waals surface area contributed by atoms with Gasteiger partial charge in [-0.15, -0.1) is 23.1 Å². The number of rotatable bonds is 9. The minimum Gasteiger partial charge on any atom is -0.352 e. The van der Waals surface area contributed by atoms with Gasteiger partial charge in [-0.25, -0.2) is 4.98 Å². The predicted octanol–water partition coefficient (Wildman–Crippen LogP) is 4.61. The van der Waals surface area contributed by atoms with E-state index in [9.17, 15) is 4.79 Å². The van der Waals surface area contributed by atoms with Crippen molar-refractivity contribution in [1.82, 2.24) is 20.4 Å². The molecule has 148 valence electrons. The highest BCUT2D eigenvalue weighted by Crippen LogP contribution is 2.23. The molecule has 28 heavy (non-hydrogen) atoms. The van der Waals surface area contributed by atoms with E-state index in [0.29, 0.717) is 24.4 Å². The van der Waals surface area contributed by atoms with E-state index in [1.165, 1.54) is 0 Å².